The van der Waals surface area contributed by atoms with Crippen molar-refractivity contribution in [2.45, 2.75) is 65.7 Å². The van der Waals surface area contributed by atoms with Crippen LogP contribution in [-0.2, 0) is 12.8 Å². The Kier molecular flexibility index (Phi) is 8.97. The van der Waals surface area contributed by atoms with Gasteiger partial charge in [0.05, 0.1) is 12.4 Å². The second-order valence-electron chi connectivity index (χ2n) is 7.24. The van der Waals surface area contributed by atoms with Crippen molar-refractivity contribution in [2.24, 2.45) is 0 Å². The fourth-order valence-corrected chi connectivity index (χ4v) is 2.89. The molecule has 27 heavy (non-hydrogen) atoms. The third-order valence-electron chi connectivity index (χ3n) is 4.63. The SMILES string of the molecule is CCCOc1ccccc1CCC(O)=C1CC1.CCCc1ccc(C)cc1. The summed E-state index contributed by atoms with van der Waals surface area (Å²) < 4.78 is 5.70. The molecule has 3 rings (SSSR count). The average Bonchev–Trinajstić information content (AvgIpc) is 3.53. The Bertz CT molecular complexity index is 707. The van der Waals surface area contributed by atoms with Crippen LogP contribution in [0.15, 0.2) is 59.9 Å². The highest BCUT2D eigenvalue weighted by Gasteiger charge is 2.17. The van der Waals surface area contributed by atoms with Gasteiger partial charge in [0, 0.05) is 6.42 Å². The molecule has 0 aromatic heterocycles. The van der Waals surface area contributed by atoms with Gasteiger partial charge in [-0.05, 0) is 61.8 Å². The first-order chi connectivity index (χ1) is 13.1. The predicted octanol–water partition coefficient (Wildman–Crippen LogP) is 6.96. The maximum absolute atomic E-state index is 9.76. The number of para-hydroxylation sites is 1. The standard InChI is InChI=1S/C15H20O2.C10H14/c1-2-11-17-15-6-4-3-5-13(15)9-10-14(16)12-7-8-12;1-3-4-10-7-5-9(2)6-8-10/h3-6,16H,2,7-11H2,1H3;5-8H,3-4H2,1-2H3. The van der Waals surface area contributed by atoms with Gasteiger partial charge < -0.3 is 9.84 Å². The van der Waals surface area contributed by atoms with Crippen molar-refractivity contribution in [2.75, 3.05) is 6.61 Å². The van der Waals surface area contributed by atoms with Crippen LogP contribution in [0.1, 0.15) is 62.6 Å². The summed E-state index contributed by atoms with van der Waals surface area (Å²) in [6.45, 7) is 7.19. The van der Waals surface area contributed by atoms with Crippen molar-refractivity contribution in [1.29, 1.82) is 0 Å². The highest BCUT2D eigenvalue weighted by molar-refractivity contribution is 5.34. The van der Waals surface area contributed by atoms with Crippen LogP contribution >= 0.6 is 0 Å². The molecule has 1 saturated carbocycles. The predicted molar refractivity (Wildman–Crippen MR) is 115 cm³/mol. The van der Waals surface area contributed by atoms with E-state index in [2.05, 4.69) is 51.1 Å². The molecule has 0 radical (unpaired) electrons. The van der Waals surface area contributed by atoms with Crippen LogP contribution in [0.5, 0.6) is 5.75 Å². The first-order valence-corrected chi connectivity index (χ1v) is 10.3. The Labute approximate surface area is 164 Å². The maximum atomic E-state index is 9.76. The molecule has 2 heteroatoms. The monoisotopic (exact) mass is 366 g/mol. The van der Waals surface area contributed by atoms with Gasteiger partial charge in [-0.3, -0.25) is 0 Å². The van der Waals surface area contributed by atoms with E-state index < -0.39 is 0 Å². The van der Waals surface area contributed by atoms with Crippen LogP contribution in [0.4, 0.5) is 0 Å². The topological polar surface area (TPSA) is 29.5 Å². The summed E-state index contributed by atoms with van der Waals surface area (Å²) in [5.41, 5.74) is 5.22. The number of hydrogen-bond acceptors (Lipinski definition) is 2. The molecule has 0 amide bonds. The van der Waals surface area contributed by atoms with Crippen molar-refractivity contribution in [3.05, 3.63) is 76.6 Å². The fraction of sp³-hybridized carbons (Fsp3) is 0.440. The second kappa shape index (κ2) is 11.5. The first kappa shape index (κ1) is 21.1. The quantitative estimate of drug-likeness (QED) is 0.512. The minimum atomic E-state index is 0.593. The third kappa shape index (κ3) is 7.90. The number of allylic oxidation sites excluding steroid dienone is 2. The summed E-state index contributed by atoms with van der Waals surface area (Å²) in [6, 6.07) is 16.9. The molecule has 0 aliphatic heterocycles. The average molecular weight is 367 g/mol. The van der Waals surface area contributed by atoms with Gasteiger partial charge in [-0.2, -0.15) is 0 Å². The highest BCUT2D eigenvalue weighted by atomic mass is 16.5. The summed E-state index contributed by atoms with van der Waals surface area (Å²) >= 11 is 0. The van der Waals surface area contributed by atoms with E-state index in [1.807, 2.05) is 18.2 Å². The minimum absolute atomic E-state index is 0.593. The van der Waals surface area contributed by atoms with Gasteiger partial charge in [-0.25, -0.2) is 0 Å². The molecule has 1 aliphatic rings. The van der Waals surface area contributed by atoms with E-state index in [0.717, 1.165) is 44.5 Å². The molecule has 1 aliphatic carbocycles. The molecule has 1 fully saturated rings. The van der Waals surface area contributed by atoms with Gasteiger partial charge in [0.2, 0.25) is 0 Å². The van der Waals surface area contributed by atoms with Crippen LogP contribution in [0, 0.1) is 6.92 Å². The Morgan fingerprint density at radius 2 is 1.63 bits per heavy atom. The van der Waals surface area contributed by atoms with E-state index >= 15 is 0 Å². The number of benzene rings is 2. The molecular formula is C25H34O2. The Morgan fingerprint density at radius 1 is 0.926 bits per heavy atom. The number of ether oxygens (including phenoxy) is 1. The van der Waals surface area contributed by atoms with Crippen LogP contribution < -0.4 is 4.74 Å². The van der Waals surface area contributed by atoms with Crippen molar-refractivity contribution >= 4 is 0 Å². The number of aryl methyl sites for hydroxylation is 3. The molecule has 2 nitrogen and oxygen atoms in total. The number of aliphatic hydroxyl groups excluding tert-OH is 1. The molecule has 0 unspecified atom stereocenters. The summed E-state index contributed by atoms with van der Waals surface area (Å²) in [5, 5.41) is 9.76. The lowest BCUT2D eigenvalue weighted by Crippen LogP contribution is -1.99. The lowest BCUT2D eigenvalue weighted by molar-refractivity contribution is 0.313. The van der Waals surface area contributed by atoms with Crippen LogP contribution in [0.25, 0.3) is 0 Å². The van der Waals surface area contributed by atoms with Gasteiger partial charge in [-0.15, -0.1) is 0 Å². The molecule has 0 bridgehead atoms. The van der Waals surface area contributed by atoms with Crippen LogP contribution in [-0.4, -0.2) is 11.7 Å². The van der Waals surface area contributed by atoms with Crippen LogP contribution in [0.2, 0.25) is 0 Å². The molecular weight excluding hydrogens is 332 g/mol. The Morgan fingerprint density at radius 3 is 2.26 bits per heavy atom. The van der Waals surface area contributed by atoms with Crippen LogP contribution in [0.3, 0.4) is 0 Å². The van der Waals surface area contributed by atoms with E-state index in [9.17, 15) is 5.11 Å². The maximum Gasteiger partial charge on any atom is 0.122 e. The molecule has 0 heterocycles. The molecule has 0 atom stereocenters. The summed E-state index contributed by atoms with van der Waals surface area (Å²) in [6.07, 6.45) is 7.23. The van der Waals surface area contributed by atoms with E-state index in [4.69, 9.17) is 4.74 Å². The number of aliphatic hydroxyl groups is 1. The molecule has 2 aromatic rings. The van der Waals surface area contributed by atoms with Crippen molar-refractivity contribution in [3.8, 4) is 5.75 Å². The lowest BCUT2D eigenvalue weighted by Gasteiger charge is -2.10. The number of hydrogen-bond donors (Lipinski definition) is 1. The molecule has 0 saturated heterocycles. The number of rotatable bonds is 8. The Balaban J connectivity index is 0.000000223. The summed E-state index contributed by atoms with van der Waals surface area (Å²) in [7, 11) is 0. The lowest BCUT2D eigenvalue weighted by atomic mass is 10.1. The first-order valence-electron chi connectivity index (χ1n) is 10.3. The van der Waals surface area contributed by atoms with Gasteiger partial charge in [0.1, 0.15) is 5.75 Å². The van der Waals surface area contributed by atoms with E-state index in [1.165, 1.54) is 35.1 Å². The normalized spacial score (nSPS) is 12.2. The smallest absolute Gasteiger partial charge is 0.122 e. The van der Waals surface area contributed by atoms with Crippen molar-refractivity contribution in [3.63, 3.8) is 0 Å². The molecule has 146 valence electrons. The highest BCUT2D eigenvalue weighted by Crippen LogP contribution is 2.32. The second-order valence-corrected chi connectivity index (χ2v) is 7.24. The van der Waals surface area contributed by atoms with Gasteiger partial charge in [-0.1, -0.05) is 68.3 Å². The summed E-state index contributed by atoms with van der Waals surface area (Å²) in [5.74, 6) is 1.55. The largest absolute Gasteiger partial charge is 0.512 e. The molecule has 0 spiro atoms. The van der Waals surface area contributed by atoms with Gasteiger partial charge >= 0.3 is 0 Å². The minimum Gasteiger partial charge on any atom is -0.512 e. The molecule has 2 aromatic carbocycles. The van der Waals surface area contributed by atoms with E-state index in [0.29, 0.717) is 5.76 Å². The van der Waals surface area contributed by atoms with Gasteiger partial charge in [0.25, 0.3) is 0 Å². The third-order valence-corrected chi connectivity index (χ3v) is 4.63. The van der Waals surface area contributed by atoms with Crippen molar-refractivity contribution in [1.82, 2.24) is 0 Å². The zero-order valence-electron chi connectivity index (χ0n) is 17.1. The zero-order chi connectivity index (χ0) is 19.5. The van der Waals surface area contributed by atoms with E-state index in [1.54, 1.807) is 0 Å². The van der Waals surface area contributed by atoms with Crippen molar-refractivity contribution < 1.29 is 9.84 Å². The summed E-state index contributed by atoms with van der Waals surface area (Å²) in [4.78, 5) is 0. The van der Waals surface area contributed by atoms with E-state index in [-0.39, 0.29) is 0 Å². The Hall–Kier alpha value is -2.22. The fourth-order valence-electron chi connectivity index (χ4n) is 2.89. The zero-order valence-corrected chi connectivity index (χ0v) is 17.1. The van der Waals surface area contributed by atoms with Gasteiger partial charge in [0.15, 0.2) is 0 Å². The molecule has 1 N–H and O–H groups in total.